The van der Waals surface area contributed by atoms with Gasteiger partial charge in [0.1, 0.15) is 0 Å². The van der Waals surface area contributed by atoms with Gasteiger partial charge in [-0.25, -0.2) is 12.7 Å². The van der Waals surface area contributed by atoms with Crippen LogP contribution in [0.1, 0.15) is 20.1 Å². The van der Waals surface area contributed by atoms with Gasteiger partial charge in [0, 0.05) is 29.4 Å². The Morgan fingerprint density at radius 1 is 1.09 bits per heavy atom. The van der Waals surface area contributed by atoms with Gasteiger partial charge < -0.3 is 0 Å². The second-order valence-electron chi connectivity index (χ2n) is 4.96. The molecule has 2 aromatic rings. The Balaban J connectivity index is 2.17. The summed E-state index contributed by atoms with van der Waals surface area (Å²) in [5.74, 6) is -0.153. The second kappa shape index (κ2) is 6.56. The minimum atomic E-state index is -3.47. The summed E-state index contributed by atoms with van der Waals surface area (Å²) in [6.07, 6.45) is 3.27. The first-order valence-corrected chi connectivity index (χ1v) is 8.88. The van der Waals surface area contributed by atoms with Crippen molar-refractivity contribution in [3.05, 3.63) is 57.8 Å². The third-order valence-electron chi connectivity index (χ3n) is 3.08. The smallest absolute Gasteiger partial charge is 0.242 e. The van der Waals surface area contributed by atoms with Gasteiger partial charge in [-0.05, 0) is 55.5 Å². The summed E-state index contributed by atoms with van der Waals surface area (Å²) >= 11 is 1.61. The monoisotopic (exact) mass is 335 g/mol. The van der Waals surface area contributed by atoms with Gasteiger partial charge in [0.2, 0.25) is 10.0 Å². The molecule has 1 aromatic heterocycles. The Labute approximate surface area is 134 Å². The van der Waals surface area contributed by atoms with Crippen molar-refractivity contribution in [1.29, 1.82) is 0 Å². The van der Waals surface area contributed by atoms with Gasteiger partial charge in [0.25, 0.3) is 0 Å². The number of thiophene rings is 1. The SMILES string of the molecule is Cc1ccc(C=CC(=O)c2ccc(S(=O)(=O)N(C)C)cc2)s1. The zero-order valence-electron chi connectivity index (χ0n) is 12.6. The second-order valence-corrected chi connectivity index (χ2v) is 8.43. The fraction of sp³-hybridized carbons (Fsp3) is 0.188. The third kappa shape index (κ3) is 3.71. The van der Waals surface area contributed by atoms with Crippen LogP contribution in [0, 0.1) is 6.92 Å². The Hall–Kier alpha value is -1.76. The van der Waals surface area contributed by atoms with Crippen LogP contribution in [0.2, 0.25) is 0 Å². The zero-order valence-corrected chi connectivity index (χ0v) is 14.2. The summed E-state index contributed by atoms with van der Waals surface area (Å²) in [6, 6.07) is 9.91. The molecule has 0 radical (unpaired) electrons. The average Bonchev–Trinajstić information content (AvgIpc) is 2.90. The number of benzene rings is 1. The van der Waals surface area contributed by atoms with E-state index in [-0.39, 0.29) is 10.7 Å². The van der Waals surface area contributed by atoms with Crippen molar-refractivity contribution in [2.75, 3.05) is 14.1 Å². The Morgan fingerprint density at radius 2 is 1.73 bits per heavy atom. The molecule has 0 bridgehead atoms. The van der Waals surface area contributed by atoms with Crippen LogP contribution in [0.3, 0.4) is 0 Å². The number of ketones is 1. The van der Waals surface area contributed by atoms with Gasteiger partial charge in [0.05, 0.1) is 4.90 Å². The van der Waals surface area contributed by atoms with E-state index in [1.807, 2.05) is 19.1 Å². The minimum Gasteiger partial charge on any atom is -0.289 e. The highest BCUT2D eigenvalue weighted by Gasteiger charge is 2.17. The molecule has 0 atom stereocenters. The molecule has 22 heavy (non-hydrogen) atoms. The van der Waals surface area contributed by atoms with E-state index in [0.717, 1.165) is 9.18 Å². The van der Waals surface area contributed by atoms with Gasteiger partial charge in [0.15, 0.2) is 5.78 Å². The largest absolute Gasteiger partial charge is 0.289 e. The van der Waals surface area contributed by atoms with Crippen LogP contribution in [0.25, 0.3) is 6.08 Å². The number of allylic oxidation sites excluding steroid dienone is 1. The van der Waals surface area contributed by atoms with E-state index in [1.165, 1.54) is 49.3 Å². The molecule has 0 saturated heterocycles. The van der Waals surface area contributed by atoms with Crippen molar-refractivity contribution in [3.63, 3.8) is 0 Å². The van der Waals surface area contributed by atoms with E-state index < -0.39 is 10.0 Å². The van der Waals surface area contributed by atoms with Gasteiger partial charge >= 0.3 is 0 Å². The zero-order chi connectivity index (χ0) is 16.3. The Morgan fingerprint density at radius 3 is 2.23 bits per heavy atom. The average molecular weight is 335 g/mol. The molecule has 1 aromatic carbocycles. The molecule has 0 aliphatic carbocycles. The van der Waals surface area contributed by atoms with E-state index >= 15 is 0 Å². The maximum absolute atomic E-state index is 12.1. The molecular formula is C16H17NO3S2. The standard InChI is InChI=1S/C16H17NO3S2/c1-12-4-7-14(21-12)8-11-16(18)13-5-9-15(10-6-13)22(19,20)17(2)3/h4-11H,1-3H3. The van der Waals surface area contributed by atoms with Gasteiger partial charge in [-0.2, -0.15) is 0 Å². The Kier molecular flexibility index (Phi) is 4.95. The maximum Gasteiger partial charge on any atom is 0.242 e. The summed E-state index contributed by atoms with van der Waals surface area (Å²) in [6.45, 7) is 2.01. The predicted octanol–water partition coefficient (Wildman–Crippen LogP) is 3.20. The summed E-state index contributed by atoms with van der Waals surface area (Å²) in [5, 5.41) is 0. The Bertz CT molecular complexity index is 800. The summed E-state index contributed by atoms with van der Waals surface area (Å²) in [5.41, 5.74) is 0.460. The topological polar surface area (TPSA) is 54.5 Å². The van der Waals surface area contributed by atoms with E-state index in [4.69, 9.17) is 0 Å². The first-order valence-electron chi connectivity index (χ1n) is 6.62. The van der Waals surface area contributed by atoms with Gasteiger partial charge in [-0.3, -0.25) is 4.79 Å². The number of hydrogen-bond donors (Lipinski definition) is 0. The number of carbonyl (C=O) groups excluding carboxylic acids is 1. The van der Waals surface area contributed by atoms with Crippen molar-refractivity contribution in [2.24, 2.45) is 0 Å². The van der Waals surface area contributed by atoms with E-state index in [1.54, 1.807) is 17.4 Å². The molecule has 0 N–H and O–H groups in total. The van der Waals surface area contributed by atoms with E-state index in [2.05, 4.69) is 0 Å². The van der Waals surface area contributed by atoms with Crippen LogP contribution >= 0.6 is 11.3 Å². The first-order chi connectivity index (χ1) is 10.3. The van der Waals surface area contributed by atoms with Gasteiger partial charge in [-0.15, -0.1) is 11.3 Å². The molecule has 1 heterocycles. The molecule has 6 heteroatoms. The van der Waals surface area contributed by atoms with Crippen molar-refractivity contribution in [1.82, 2.24) is 4.31 Å². The summed E-state index contributed by atoms with van der Waals surface area (Å²) in [4.78, 5) is 14.4. The predicted molar refractivity (Wildman–Crippen MR) is 89.7 cm³/mol. The first kappa shape index (κ1) is 16.6. The van der Waals surface area contributed by atoms with Crippen molar-refractivity contribution >= 4 is 33.2 Å². The maximum atomic E-state index is 12.1. The lowest BCUT2D eigenvalue weighted by molar-refractivity contribution is 0.104. The molecule has 0 saturated carbocycles. The highest BCUT2D eigenvalue weighted by atomic mass is 32.2. The number of aryl methyl sites for hydroxylation is 1. The quantitative estimate of drug-likeness (QED) is 0.623. The summed E-state index contributed by atoms with van der Waals surface area (Å²) < 4.78 is 25.1. The van der Waals surface area contributed by atoms with Crippen molar-refractivity contribution in [3.8, 4) is 0 Å². The molecule has 116 valence electrons. The third-order valence-corrected chi connectivity index (χ3v) is 5.87. The molecule has 0 spiro atoms. The lowest BCUT2D eigenvalue weighted by Crippen LogP contribution is -2.22. The number of carbonyl (C=O) groups is 1. The molecule has 0 aliphatic heterocycles. The molecule has 4 nitrogen and oxygen atoms in total. The van der Waals surface area contributed by atoms with E-state index in [0.29, 0.717) is 5.56 Å². The number of sulfonamides is 1. The van der Waals surface area contributed by atoms with Crippen LogP contribution in [-0.4, -0.2) is 32.6 Å². The number of rotatable bonds is 5. The van der Waals surface area contributed by atoms with Crippen LogP contribution in [-0.2, 0) is 10.0 Å². The lowest BCUT2D eigenvalue weighted by atomic mass is 10.1. The van der Waals surface area contributed by atoms with Gasteiger partial charge in [-0.1, -0.05) is 0 Å². The molecule has 2 rings (SSSR count). The molecule has 0 amide bonds. The number of hydrogen-bond acceptors (Lipinski definition) is 4. The van der Waals surface area contributed by atoms with Crippen LogP contribution in [0.4, 0.5) is 0 Å². The van der Waals surface area contributed by atoms with Crippen molar-refractivity contribution in [2.45, 2.75) is 11.8 Å². The number of nitrogens with zero attached hydrogens (tertiary/aromatic N) is 1. The highest BCUT2D eigenvalue weighted by molar-refractivity contribution is 7.89. The normalized spacial score (nSPS) is 12.2. The lowest BCUT2D eigenvalue weighted by Gasteiger charge is -2.11. The van der Waals surface area contributed by atoms with Crippen molar-refractivity contribution < 1.29 is 13.2 Å². The fourth-order valence-electron chi connectivity index (χ4n) is 1.80. The summed E-state index contributed by atoms with van der Waals surface area (Å²) in [7, 11) is -0.521. The van der Waals surface area contributed by atoms with Crippen LogP contribution in [0.15, 0.2) is 47.4 Å². The molecular weight excluding hydrogens is 318 g/mol. The molecule has 0 fully saturated rings. The highest BCUT2D eigenvalue weighted by Crippen LogP contribution is 2.18. The van der Waals surface area contributed by atoms with E-state index in [9.17, 15) is 13.2 Å². The van der Waals surface area contributed by atoms with Crippen LogP contribution in [0.5, 0.6) is 0 Å². The van der Waals surface area contributed by atoms with Crippen LogP contribution < -0.4 is 0 Å². The molecule has 0 aliphatic rings. The molecule has 0 unspecified atom stereocenters. The minimum absolute atomic E-state index is 0.153. The fourth-order valence-corrected chi connectivity index (χ4v) is 3.48.